The molecule has 0 N–H and O–H groups in total. The standard InChI is InChI=1S/2Ba.5O.2Y/q2*+2;5*-2;2*+3. The molecule has 0 heterocycles. The second-order valence-corrected chi connectivity index (χ2v) is 0. The molecule has 0 aromatic heterocycles. The van der Waals surface area contributed by atoms with E-state index in [1.807, 2.05) is 0 Å². The smallest absolute Gasteiger partial charge is 2.00 e. The molecule has 0 aliphatic heterocycles. The Balaban J connectivity index is 0. The van der Waals surface area contributed by atoms with Crippen LogP contribution in [0, 0.1) is 0 Å². The topological polar surface area (TPSA) is 142 Å². The van der Waals surface area contributed by atoms with Gasteiger partial charge in [0.2, 0.25) is 0 Å². The van der Waals surface area contributed by atoms with Crippen LogP contribution in [0.3, 0.4) is 0 Å². The molecular weight excluding hydrogens is 532 g/mol. The fourth-order valence-corrected chi connectivity index (χ4v) is 0. The number of hydrogen-bond acceptors (Lipinski definition) is 0. The Hall–Kier alpha value is 5.15. The Morgan fingerprint density at radius 1 is 0.333 bits per heavy atom. The minimum Gasteiger partial charge on any atom is -2.00 e. The molecule has 0 aromatic rings. The summed E-state index contributed by atoms with van der Waals surface area (Å²) < 4.78 is 0. The molecule has 0 fully saturated rings. The van der Waals surface area contributed by atoms with Crippen LogP contribution in [0.1, 0.15) is 0 Å². The molecule has 0 aliphatic carbocycles. The summed E-state index contributed by atoms with van der Waals surface area (Å²) >= 11 is 0. The third-order valence-corrected chi connectivity index (χ3v) is 0. The predicted molar refractivity (Wildman–Crippen MR) is 14.9 cm³/mol. The normalized spacial score (nSPS) is 0. The van der Waals surface area contributed by atoms with Crippen LogP contribution in [0.25, 0.3) is 0 Å². The summed E-state index contributed by atoms with van der Waals surface area (Å²) in [6.07, 6.45) is 0. The molecule has 0 unspecified atom stereocenters. The van der Waals surface area contributed by atoms with Crippen molar-refractivity contribution in [1.29, 1.82) is 0 Å². The Morgan fingerprint density at radius 3 is 0.333 bits per heavy atom. The van der Waals surface area contributed by atoms with Crippen molar-refractivity contribution in [3.05, 3.63) is 0 Å². The second kappa shape index (κ2) is 73.2. The van der Waals surface area contributed by atoms with E-state index in [1.54, 1.807) is 0 Å². The van der Waals surface area contributed by atoms with Gasteiger partial charge in [0.05, 0.1) is 0 Å². The van der Waals surface area contributed by atoms with E-state index in [1.165, 1.54) is 0 Å². The van der Waals surface area contributed by atoms with E-state index < -0.39 is 0 Å². The van der Waals surface area contributed by atoms with E-state index in [9.17, 15) is 0 Å². The van der Waals surface area contributed by atoms with Crippen LogP contribution < -0.4 is 0 Å². The summed E-state index contributed by atoms with van der Waals surface area (Å²) in [5.74, 6) is 0. The predicted octanol–water partition coefficient (Wildman–Crippen LogP) is -1.36. The van der Waals surface area contributed by atoms with Crippen molar-refractivity contribution in [2.24, 2.45) is 0 Å². The van der Waals surface area contributed by atoms with Crippen LogP contribution >= 0.6 is 0 Å². The maximum Gasteiger partial charge on any atom is 3.00 e. The van der Waals surface area contributed by atoms with Crippen molar-refractivity contribution >= 4 is 97.8 Å². The van der Waals surface area contributed by atoms with Crippen molar-refractivity contribution in [2.45, 2.75) is 0 Å². The maximum absolute atomic E-state index is 0. The van der Waals surface area contributed by atoms with Crippen molar-refractivity contribution in [3.8, 4) is 0 Å². The molecule has 0 bridgehead atoms. The molecule has 0 saturated carbocycles. The fourth-order valence-electron chi connectivity index (χ4n) is 0. The zero-order valence-electron chi connectivity index (χ0n) is 4.61. The molecule has 0 saturated heterocycles. The summed E-state index contributed by atoms with van der Waals surface area (Å²) in [4.78, 5) is 0. The fraction of sp³-hybridized carbons (Fsp3) is 0. The first kappa shape index (κ1) is 92.2. The summed E-state index contributed by atoms with van der Waals surface area (Å²) in [7, 11) is 0. The Kier molecular flexibility index (Phi) is 750. The Labute approximate surface area is 185 Å². The third kappa shape index (κ3) is 61.6. The zero-order chi connectivity index (χ0) is 0. The molecule has 0 atom stereocenters. The van der Waals surface area contributed by atoms with Crippen LogP contribution in [-0.2, 0) is 92.8 Å². The molecule has 5 nitrogen and oxygen atoms in total. The van der Waals surface area contributed by atoms with Gasteiger partial charge in [-0.05, 0) is 0 Å². The van der Waals surface area contributed by atoms with Crippen LogP contribution in [0.15, 0.2) is 0 Å². The van der Waals surface area contributed by atoms with Gasteiger partial charge in [0.25, 0.3) is 0 Å². The number of hydrogen-bond donors (Lipinski definition) is 0. The quantitative estimate of drug-likeness (QED) is 0.340. The summed E-state index contributed by atoms with van der Waals surface area (Å²) in [6.45, 7) is 0. The van der Waals surface area contributed by atoms with Gasteiger partial charge >= 0.3 is 163 Å². The monoisotopic (exact) mass is 534 g/mol. The summed E-state index contributed by atoms with van der Waals surface area (Å²) in [5.41, 5.74) is 0. The molecule has 0 rings (SSSR count). The first-order valence-electron chi connectivity index (χ1n) is 0. The van der Waals surface area contributed by atoms with Crippen molar-refractivity contribution in [3.63, 3.8) is 0 Å². The molecule has 0 aliphatic rings. The van der Waals surface area contributed by atoms with Crippen LogP contribution in [0.5, 0.6) is 0 Å². The molecule has 0 aromatic carbocycles. The van der Waals surface area contributed by atoms with Gasteiger partial charge in [0.1, 0.15) is 0 Å². The SMILES string of the molecule is [Ba+2].[Ba+2].[O-2].[O-2].[O-2].[O-2].[O-2].[Y+3].[Y+3]. The zero-order valence-corrected chi connectivity index (χ0v) is 19.2. The van der Waals surface area contributed by atoms with E-state index in [0.29, 0.717) is 0 Å². The van der Waals surface area contributed by atoms with E-state index >= 15 is 0 Å². The van der Waals surface area contributed by atoms with E-state index in [2.05, 4.69) is 0 Å². The van der Waals surface area contributed by atoms with E-state index in [0.717, 1.165) is 0 Å². The van der Waals surface area contributed by atoms with Crippen LogP contribution in [0.4, 0.5) is 0 Å². The third-order valence-electron chi connectivity index (χ3n) is 0. The number of rotatable bonds is 0. The molecule has 0 radical (unpaired) electrons. The first-order valence-corrected chi connectivity index (χ1v) is 0. The average molecular weight is 532 g/mol. The van der Waals surface area contributed by atoms with Crippen molar-refractivity contribution in [1.82, 2.24) is 0 Å². The van der Waals surface area contributed by atoms with Gasteiger partial charge in [-0.3, -0.25) is 0 Å². The van der Waals surface area contributed by atoms with Gasteiger partial charge in [-0.1, -0.05) is 0 Å². The van der Waals surface area contributed by atoms with E-state index in [-0.39, 0.29) is 191 Å². The Bertz CT molecular complexity index is 12.9. The van der Waals surface area contributed by atoms with Gasteiger partial charge in [-0.2, -0.15) is 0 Å². The van der Waals surface area contributed by atoms with Gasteiger partial charge in [-0.15, -0.1) is 0 Å². The second-order valence-electron chi connectivity index (χ2n) is 0. The molecule has 0 amide bonds. The molecule has 0 spiro atoms. The minimum atomic E-state index is 0. The van der Waals surface area contributed by atoms with Crippen molar-refractivity contribution in [2.75, 3.05) is 0 Å². The summed E-state index contributed by atoms with van der Waals surface area (Å²) in [5, 5.41) is 0. The van der Waals surface area contributed by atoms with E-state index in [4.69, 9.17) is 0 Å². The van der Waals surface area contributed by atoms with Crippen LogP contribution in [0.2, 0.25) is 0 Å². The molecule has 9 heteroatoms. The molecule has 9 heavy (non-hydrogen) atoms. The van der Waals surface area contributed by atoms with Gasteiger partial charge in [0, 0.05) is 0 Å². The summed E-state index contributed by atoms with van der Waals surface area (Å²) in [6, 6.07) is 0. The largest absolute Gasteiger partial charge is 3.00 e. The minimum absolute atomic E-state index is 0. The molecule has 40 valence electrons. The van der Waals surface area contributed by atoms with Crippen molar-refractivity contribution < 1.29 is 92.8 Å². The Morgan fingerprint density at radius 2 is 0.333 bits per heavy atom. The van der Waals surface area contributed by atoms with Gasteiger partial charge in [0.15, 0.2) is 0 Å². The van der Waals surface area contributed by atoms with Gasteiger partial charge < -0.3 is 27.4 Å². The first-order chi connectivity index (χ1) is 0. The molecular formula is Ba2O5Y2. The average Bonchev–Trinajstić information content (AvgIpc) is 0. The van der Waals surface area contributed by atoms with Crippen LogP contribution in [-0.4, -0.2) is 97.8 Å². The maximum atomic E-state index is 0. The van der Waals surface area contributed by atoms with Gasteiger partial charge in [-0.25, -0.2) is 0 Å².